The lowest BCUT2D eigenvalue weighted by molar-refractivity contribution is 0.414. The van der Waals surface area contributed by atoms with Crippen LogP contribution in [0.25, 0.3) is 16.9 Å². The summed E-state index contributed by atoms with van der Waals surface area (Å²) in [6.45, 7) is 0. The number of halogens is 1. The molecular weight excluding hydrogens is 271 g/mol. The predicted molar refractivity (Wildman–Crippen MR) is 77.2 cm³/mol. The molecule has 0 amide bonds. The van der Waals surface area contributed by atoms with E-state index in [4.69, 9.17) is 4.74 Å². The van der Waals surface area contributed by atoms with Crippen LogP contribution in [0.2, 0.25) is 0 Å². The van der Waals surface area contributed by atoms with Crippen LogP contribution in [0.1, 0.15) is 0 Å². The Hall–Kier alpha value is -2.82. The molecule has 1 heterocycles. The molecule has 0 bridgehead atoms. The first-order valence-corrected chi connectivity index (χ1v) is 6.36. The molecule has 0 fully saturated rings. The number of methoxy groups -OCH3 is 1. The molecule has 1 N–H and O–H groups in total. The molecule has 0 aliphatic carbocycles. The summed E-state index contributed by atoms with van der Waals surface area (Å²) in [7, 11) is 1.59. The van der Waals surface area contributed by atoms with Gasteiger partial charge in [0.05, 0.1) is 24.7 Å². The lowest BCUT2D eigenvalue weighted by atomic mass is 10.1. The number of ether oxygens (including phenoxy) is 1. The molecule has 106 valence electrons. The van der Waals surface area contributed by atoms with Gasteiger partial charge in [0.15, 0.2) is 0 Å². The number of hydrogen-bond donors (Lipinski definition) is 1. The van der Waals surface area contributed by atoms with Crippen molar-refractivity contribution < 1.29 is 14.2 Å². The van der Waals surface area contributed by atoms with Gasteiger partial charge in [0.2, 0.25) is 0 Å². The van der Waals surface area contributed by atoms with Gasteiger partial charge in [-0.1, -0.05) is 6.07 Å². The van der Waals surface area contributed by atoms with Crippen molar-refractivity contribution in [3.05, 3.63) is 60.5 Å². The van der Waals surface area contributed by atoms with E-state index in [-0.39, 0.29) is 5.75 Å². The van der Waals surface area contributed by atoms with Gasteiger partial charge in [-0.15, -0.1) is 0 Å². The Kier molecular flexibility index (Phi) is 3.31. The van der Waals surface area contributed by atoms with Crippen molar-refractivity contribution in [3.8, 4) is 28.4 Å². The molecule has 0 unspecified atom stereocenters. The number of hydrogen-bond acceptors (Lipinski definition) is 3. The van der Waals surface area contributed by atoms with Crippen LogP contribution < -0.4 is 4.74 Å². The molecule has 0 saturated heterocycles. The van der Waals surface area contributed by atoms with Gasteiger partial charge < -0.3 is 9.84 Å². The van der Waals surface area contributed by atoms with E-state index >= 15 is 0 Å². The second-order valence-corrected chi connectivity index (χ2v) is 4.49. The first-order chi connectivity index (χ1) is 10.2. The van der Waals surface area contributed by atoms with Crippen LogP contribution in [0.4, 0.5) is 4.39 Å². The minimum absolute atomic E-state index is 0.125. The second kappa shape index (κ2) is 5.28. The number of aromatic hydroxyl groups is 1. The van der Waals surface area contributed by atoms with E-state index in [0.717, 1.165) is 11.8 Å². The van der Waals surface area contributed by atoms with Crippen LogP contribution >= 0.6 is 0 Å². The van der Waals surface area contributed by atoms with E-state index in [1.807, 2.05) is 24.3 Å². The Morgan fingerprint density at radius 3 is 2.76 bits per heavy atom. The first kappa shape index (κ1) is 13.2. The van der Waals surface area contributed by atoms with Crippen molar-refractivity contribution in [2.75, 3.05) is 7.11 Å². The molecule has 4 nitrogen and oxygen atoms in total. The number of phenolic OH excluding ortho intramolecular Hbond substituents is 1. The van der Waals surface area contributed by atoms with Crippen LogP contribution in [0.15, 0.2) is 54.7 Å². The summed E-state index contributed by atoms with van der Waals surface area (Å²) >= 11 is 0. The third-order valence-electron chi connectivity index (χ3n) is 3.18. The maximum Gasteiger partial charge on any atom is 0.127 e. The number of rotatable bonds is 3. The fraction of sp³-hybridized carbons (Fsp3) is 0.0625. The molecule has 0 radical (unpaired) electrons. The van der Waals surface area contributed by atoms with E-state index in [1.165, 1.54) is 12.1 Å². The van der Waals surface area contributed by atoms with Crippen LogP contribution in [0.3, 0.4) is 0 Å². The quantitative estimate of drug-likeness (QED) is 0.802. The average Bonchev–Trinajstić information content (AvgIpc) is 2.96. The second-order valence-electron chi connectivity index (χ2n) is 4.49. The lowest BCUT2D eigenvalue weighted by Crippen LogP contribution is -1.99. The Morgan fingerprint density at radius 1 is 1.14 bits per heavy atom. The van der Waals surface area contributed by atoms with Gasteiger partial charge in [0.1, 0.15) is 17.3 Å². The summed E-state index contributed by atoms with van der Waals surface area (Å²) in [5.74, 6) is 0.0978. The van der Waals surface area contributed by atoms with Crippen LogP contribution in [0, 0.1) is 5.82 Å². The van der Waals surface area contributed by atoms with E-state index < -0.39 is 5.82 Å². The van der Waals surface area contributed by atoms with Crippen LogP contribution in [0.5, 0.6) is 11.5 Å². The number of phenols is 1. The topological polar surface area (TPSA) is 47.3 Å². The van der Waals surface area contributed by atoms with E-state index in [2.05, 4.69) is 5.10 Å². The molecule has 2 aromatic carbocycles. The highest BCUT2D eigenvalue weighted by atomic mass is 19.1. The monoisotopic (exact) mass is 284 g/mol. The van der Waals surface area contributed by atoms with Crippen molar-refractivity contribution in [3.63, 3.8) is 0 Å². The molecule has 0 aliphatic rings. The molecule has 1 aromatic heterocycles. The Morgan fingerprint density at radius 2 is 2.00 bits per heavy atom. The SMILES string of the molecule is COc1cccc(-n2nccc2-c2ccc(F)cc2O)c1. The standard InChI is InChI=1S/C16H13FN2O2/c1-21-13-4-2-3-12(10-13)19-15(7-8-18-19)14-6-5-11(17)9-16(14)20/h2-10,20H,1H3. The summed E-state index contributed by atoms with van der Waals surface area (Å²) in [6.07, 6.45) is 1.62. The summed E-state index contributed by atoms with van der Waals surface area (Å²) in [5.41, 5.74) is 1.97. The zero-order valence-electron chi connectivity index (χ0n) is 11.3. The molecule has 0 atom stereocenters. The summed E-state index contributed by atoms with van der Waals surface area (Å²) in [6, 6.07) is 13.1. The maximum absolute atomic E-state index is 13.1. The minimum Gasteiger partial charge on any atom is -0.507 e. The van der Waals surface area contributed by atoms with Gasteiger partial charge in [-0.2, -0.15) is 5.10 Å². The Bertz CT molecular complexity index is 783. The fourth-order valence-electron chi connectivity index (χ4n) is 2.18. The molecule has 3 aromatic rings. The van der Waals surface area contributed by atoms with E-state index in [9.17, 15) is 9.50 Å². The maximum atomic E-state index is 13.1. The van der Waals surface area contributed by atoms with Crippen molar-refractivity contribution >= 4 is 0 Å². The summed E-state index contributed by atoms with van der Waals surface area (Å²) < 4.78 is 20.0. The third kappa shape index (κ3) is 2.45. The average molecular weight is 284 g/mol. The fourth-order valence-corrected chi connectivity index (χ4v) is 2.18. The number of benzene rings is 2. The zero-order chi connectivity index (χ0) is 14.8. The molecule has 21 heavy (non-hydrogen) atoms. The Labute approximate surface area is 121 Å². The number of nitrogens with zero attached hydrogens (tertiary/aromatic N) is 2. The van der Waals surface area contributed by atoms with Crippen molar-refractivity contribution in [1.29, 1.82) is 0 Å². The predicted octanol–water partition coefficient (Wildman–Crippen LogP) is 3.39. The van der Waals surface area contributed by atoms with Crippen LogP contribution in [-0.2, 0) is 0 Å². The highest BCUT2D eigenvalue weighted by Crippen LogP contribution is 2.31. The van der Waals surface area contributed by atoms with E-state index in [0.29, 0.717) is 17.0 Å². The Balaban J connectivity index is 2.12. The highest BCUT2D eigenvalue weighted by Gasteiger charge is 2.12. The molecule has 3 rings (SSSR count). The van der Waals surface area contributed by atoms with Gasteiger partial charge in [0.25, 0.3) is 0 Å². The molecule has 5 heteroatoms. The molecule has 0 spiro atoms. The minimum atomic E-state index is -0.483. The third-order valence-corrected chi connectivity index (χ3v) is 3.18. The summed E-state index contributed by atoms with van der Waals surface area (Å²) in [4.78, 5) is 0. The van der Waals surface area contributed by atoms with Crippen LogP contribution in [-0.4, -0.2) is 22.0 Å². The highest BCUT2D eigenvalue weighted by molar-refractivity contribution is 5.68. The van der Waals surface area contributed by atoms with Gasteiger partial charge >= 0.3 is 0 Å². The number of aromatic nitrogens is 2. The largest absolute Gasteiger partial charge is 0.507 e. The smallest absolute Gasteiger partial charge is 0.127 e. The van der Waals surface area contributed by atoms with Gasteiger partial charge in [-0.05, 0) is 30.3 Å². The van der Waals surface area contributed by atoms with Crippen molar-refractivity contribution in [1.82, 2.24) is 9.78 Å². The van der Waals surface area contributed by atoms with Gasteiger partial charge in [-0.3, -0.25) is 0 Å². The first-order valence-electron chi connectivity index (χ1n) is 6.36. The molecule has 0 saturated carbocycles. The molecular formula is C16H13FN2O2. The van der Waals surface area contributed by atoms with E-state index in [1.54, 1.807) is 24.1 Å². The normalized spacial score (nSPS) is 10.6. The van der Waals surface area contributed by atoms with Crippen molar-refractivity contribution in [2.45, 2.75) is 0 Å². The van der Waals surface area contributed by atoms with Gasteiger partial charge in [0, 0.05) is 17.7 Å². The lowest BCUT2D eigenvalue weighted by Gasteiger charge is -2.10. The van der Waals surface area contributed by atoms with Crippen molar-refractivity contribution in [2.24, 2.45) is 0 Å². The zero-order valence-corrected chi connectivity index (χ0v) is 11.3. The molecule has 0 aliphatic heterocycles. The summed E-state index contributed by atoms with van der Waals surface area (Å²) in [5, 5.41) is 14.2. The van der Waals surface area contributed by atoms with Gasteiger partial charge in [-0.25, -0.2) is 9.07 Å².